The standard InChI is InChI=1S/C7H15.Zn/c1-4-5-6-7(2)3;/h4-6H2,1-3H3;. The Morgan fingerprint density at radius 3 is 2.00 bits per heavy atom. The SMILES string of the molecule is CCCC[C](C)(C)[Zn]. The monoisotopic (exact) mass is 163 g/mol. The van der Waals surface area contributed by atoms with E-state index >= 15 is 0 Å². The number of hydrogen-bond donors (Lipinski definition) is 0. The molecule has 0 aliphatic rings. The van der Waals surface area contributed by atoms with Crippen LogP contribution in [0.15, 0.2) is 0 Å². The minimum absolute atomic E-state index is 0.677. The van der Waals surface area contributed by atoms with Crippen LogP contribution in [-0.4, -0.2) is 0 Å². The molecule has 0 unspecified atom stereocenters. The maximum absolute atomic E-state index is 2.35. The molecule has 0 spiro atoms. The van der Waals surface area contributed by atoms with Crippen molar-refractivity contribution in [1.29, 1.82) is 0 Å². The number of hydrogen-bond acceptors (Lipinski definition) is 0. The van der Waals surface area contributed by atoms with Gasteiger partial charge in [-0.2, -0.15) is 0 Å². The first-order valence-corrected chi connectivity index (χ1v) is 4.90. The van der Waals surface area contributed by atoms with Crippen LogP contribution in [0.3, 0.4) is 0 Å². The molecule has 0 aliphatic heterocycles. The van der Waals surface area contributed by atoms with Gasteiger partial charge in [0.25, 0.3) is 0 Å². The Balaban J connectivity index is 3.11. The van der Waals surface area contributed by atoms with Crippen molar-refractivity contribution < 1.29 is 18.3 Å². The molecule has 0 amide bonds. The van der Waals surface area contributed by atoms with Crippen molar-refractivity contribution in [1.82, 2.24) is 0 Å². The Morgan fingerprint density at radius 2 is 1.88 bits per heavy atom. The first-order valence-electron chi connectivity index (χ1n) is 3.41. The van der Waals surface area contributed by atoms with E-state index in [9.17, 15) is 0 Å². The summed E-state index contributed by atoms with van der Waals surface area (Å²) < 4.78 is 0.677. The van der Waals surface area contributed by atoms with E-state index in [1.165, 1.54) is 37.6 Å². The third-order valence-electron chi connectivity index (χ3n) is 1.21. The van der Waals surface area contributed by atoms with Gasteiger partial charge < -0.3 is 0 Å². The Hall–Kier alpha value is 0.623. The molecule has 45 valence electrons. The zero-order valence-corrected chi connectivity index (χ0v) is 9.30. The molecule has 0 N–H and O–H groups in total. The topological polar surface area (TPSA) is 0 Å². The third kappa shape index (κ3) is 6.62. The van der Waals surface area contributed by atoms with Crippen molar-refractivity contribution >= 4 is 0 Å². The Kier molecular flexibility index (Phi) is 3.89. The molecule has 0 heterocycles. The summed E-state index contributed by atoms with van der Waals surface area (Å²) in [4.78, 5) is 0. The zero-order chi connectivity index (χ0) is 6.62. The molecule has 0 aromatic carbocycles. The van der Waals surface area contributed by atoms with E-state index in [2.05, 4.69) is 20.8 Å². The van der Waals surface area contributed by atoms with Crippen LogP contribution in [0.2, 0.25) is 4.01 Å². The third-order valence-corrected chi connectivity index (χ3v) is 1.95. The van der Waals surface area contributed by atoms with E-state index in [-0.39, 0.29) is 0 Å². The van der Waals surface area contributed by atoms with Crippen molar-refractivity contribution in [3.05, 3.63) is 0 Å². The molecule has 8 heavy (non-hydrogen) atoms. The second-order valence-corrected chi connectivity index (χ2v) is 7.28. The average Bonchev–Trinajstić information content (AvgIpc) is 1.59. The van der Waals surface area contributed by atoms with Gasteiger partial charge in [-0.05, 0) is 0 Å². The van der Waals surface area contributed by atoms with E-state index < -0.39 is 0 Å². The van der Waals surface area contributed by atoms with Gasteiger partial charge in [-0.25, -0.2) is 0 Å². The molecule has 0 radical (unpaired) electrons. The van der Waals surface area contributed by atoms with E-state index in [1.54, 1.807) is 0 Å². The summed E-state index contributed by atoms with van der Waals surface area (Å²) in [5.41, 5.74) is 0. The van der Waals surface area contributed by atoms with Crippen molar-refractivity contribution in [2.45, 2.75) is 44.0 Å². The average molecular weight is 165 g/mol. The molecule has 0 rings (SSSR count). The fourth-order valence-corrected chi connectivity index (χ4v) is 1.18. The number of rotatable bonds is 3. The molecule has 0 nitrogen and oxygen atoms in total. The fourth-order valence-electron chi connectivity index (χ4n) is 0.655. The zero-order valence-electron chi connectivity index (χ0n) is 6.33. The van der Waals surface area contributed by atoms with Crippen molar-refractivity contribution in [3.63, 3.8) is 0 Å². The molecule has 0 fully saturated rings. The van der Waals surface area contributed by atoms with Crippen LogP contribution >= 0.6 is 0 Å². The van der Waals surface area contributed by atoms with Gasteiger partial charge in [0.05, 0.1) is 0 Å². The first kappa shape index (κ1) is 8.62. The predicted molar refractivity (Wildman–Crippen MR) is 33.6 cm³/mol. The first-order chi connectivity index (χ1) is 3.56. The normalized spacial score (nSPS) is 12.1. The van der Waals surface area contributed by atoms with Gasteiger partial charge in [0.15, 0.2) is 0 Å². The fraction of sp³-hybridized carbons (Fsp3) is 1.00. The molecule has 0 bridgehead atoms. The van der Waals surface area contributed by atoms with Crippen LogP contribution < -0.4 is 0 Å². The molecule has 0 aromatic rings. The molecule has 1 heteroatoms. The van der Waals surface area contributed by atoms with Crippen LogP contribution in [0.1, 0.15) is 40.0 Å². The van der Waals surface area contributed by atoms with Crippen LogP contribution in [0, 0.1) is 0 Å². The summed E-state index contributed by atoms with van der Waals surface area (Å²) in [6.07, 6.45) is 4.18. The van der Waals surface area contributed by atoms with Gasteiger partial charge in [-0.3, -0.25) is 0 Å². The molecular formula is C7H15Zn. The minimum atomic E-state index is 0.677. The molecule has 0 aromatic heterocycles. The summed E-state index contributed by atoms with van der Waals surface area (Å²) in [6.45, 7) is 6.96. The molecule has 0 atom stereocenters. The quantitative estimate of drug-likeness (QED) is 0.563. The predicted octanol–water partition coefficient (Wildman–Crippen LogP) is 2.92. The van der Waals surface area contributed by atoms with E-state index in [0.717, 1.165) is 0 Å². The Labute approximate surface area is 62.7 Å². The molecular weight excluding hydrogens is 149 g/mol. The summed E-state index contributed by atoms with van der Waals surface area (Å²) in [6, 6.07) is 0. The Morgan fingerprint density at radius 1 is 1.38 bits per heavy atom. The van der Waals surface area contributed by atoms with E-state index in [0.29, 0.717) is 4.01 Å². The maximum atomic E-state index is 2.35. The molecule has 0 aliphatic carbocycles. The van der Waals surface area contributed by atoms with Crippen molar-refractivity contribution in [3.8, 4) is 0 Å². The van der Waals surface area contributed by atoms with Crippen molar-refractivity contribution in [2.75, 3.05) is 0 Å². The van der Waals surface area contributed by atoms with Gasteiger partial charge in [-0.15, -0.1) is 0 Å². The van der Waals surface area contributed by atoms with E-state index in [1.807, 2.05) is 0 Å². The van der Waals surface area contributed by atoms with Crippen LogP contribution in [0.25, 0.3) is 0 Å². The van der Waals surface area contributed by atoms with Gasteiger partial charge in [0.2, 0.25) is 0 Å². The second-order valence-electron chi connectivity index (χ2n) is 3.27. The van der Waals surface area contributed by atoms with Crippen LogP contribution in [0.4, 0.5) is 0 Å². The number of unbranched alkanes of at least 4 members (excludes halogenated alkanes) is 1. The van der Waals surface area contributed by atoms with Gasteiger partial charge in [0.1, 0.15) is 0 Å². The summed E-state index contributed by atoms with van der Waals surface area (Å²) in [5.74, 6) is 0. The Bertz CT molecular complexity index is 51.9. The van der Waals surface area contributed by atoms with Crippen LogP contribution in [0.5, 0.6) is 0 Å². The summed E-state index contributed by atoms with van der Waals surface area (Å²) >= 11 is 1.44. The van der Waals surface area contributed by atoms with Crippen molar-refractivity contribution in [2.24, 2.45) is 0 Å². The van der Waals surface area contributed by atoms with Gasteiger partial charge in [0, 0.05) is 0 Å². The van der Waals surface area contributed by atoms with Crippen LogP contribution in [-0.2, 0) is 18.3 Å². The molecule has 0 saturated carbocycles. The second kappa shape index (κ2) is 3.61. The summed E-state index contributed by atoms with van der Waals surface area (Å²) in [7, 11) is 0. The molecule has 0 saturated heterocycles. The van der Waals surface area contributed by atoms with E-state index in [4.69, 9.17) is 0 Å². The summed E-state index contributed by atoms with van der Waals surface area (Å²) in [5, 5.41) is 0. The van der Waals surface area contributed by atoms with Gasteiger partial charge in [-0.1, -0.05) is 0 Å². The van der Waals surface area contributed by atoms with Gasteiger partial charge >= 0.3 is 62.3 Å².